The predicted molar refractivity (Wildman–Crippen MR) is 74.2 cm³/mol. The number of ether oxygens (including phenoxy) is 1. The summed E-state index contributed by atoms with van der Waals surface area (Å²) in [6.07, 6.45) is 0. The predicted octanol–water partition coefficient (Wildman–Crippen LogP) is 1.26. The first-order valence-electron chi connectivity index (χ1n) is 6.39. The molecule has 0 radical (unpaired) electrons. The Balaban J connectivity index is 2.31. The summed E-state index contributed by atoms with van der Waals surface area (Å²) in [6.45, 7) is 5.46. The van der Waals surface area contributed by atoms with Gasteiger partial charge >= 0.3 is 0 Å². The Kier molecular flexibility index (Phi) is 6.15. The number of phenols is 1. The van der Waals surface area contributed by atoms with E-state index in [1.165, 1.54) is 0 Å². The fraction of sp³-hybridized carbons (Fsp3) is 0.500. The molecule has 1 rings (SSSR count). The van der Waals surface area contributed by atoms with Gasteiger partial charge in [-0.1, -0.05) is 13.8 Å². The maximum absolute atomic E-state index is 11.3. The van der Waals surface area contributed by atoms with Crippen LogP contribution in [-0.4, -0.2) is 31.2 Å². The Bertz CT molecular complexity index is 419. The molecule has 0 bridgehead atoms. The number of hydrogen-bond acceptors (Lipinski definition) is 4. The molecule has 0 aliphatic rings. The van der Waals surface area contributed by atoms with Gasteiger partial charge < -0.3 is 20.5 Å². The van der Waals surface area contributed by atoms with Crippen LogP contribution in [0.1, 0.15) is 19.4 Å². The lowest BCUT2D eigenvalue weighted by atomic mass is 10.2. The van der Waals surface area contributed by atoms with E-state index in [0.29, 0.717) is 25.4 Å². The minimum atomic E-state index is 0.00225. The van der Waals surface area contributed by atoms with Crippen LogP contribution in [0.5, 0.6) is 11.5 Å². The zero-order chi connectivity index (χ0) is 14.3. The van der Waals surface area contributed by atoms with E-state index in [0.717, 1.165) is 5.56 Å². The number of methoxy groups -OCH3 is 1. The number of phenolic OH excluding ortho intramolecular Hbond substituents is 1. The van der Waals surface area contributed by atoms with Crippen molar-refractivity contribution in [2.45, 2.75) is 20.4 Å². The van der Waals surface area contributed by atoms with Gasteiger partial charge in [-0.25, -0.2) is 0 Å². The molecule has 0 heterocycles. The van der Waals surface area contributed by atoms with Crippen LogP contribution in [0.25, 0.3) is 0 Å². The maximum atomic E-state index is 11.3. The monoisotopic (exact) mass is 266 g/mol. The van der Waals surface area contributed by atoms with Crippen molar-refractivity contribution in [1.29, 1.82) is 0 Å². The quantitative estimate of drug-likeness (QED) is 0.650. The van der Waals surface area contributed by atoms with E-state index in [-0.39, 0.29) is 17.6 Å². The van der Waals surface area contributed by atoms with Gasteiger partial charge in [0.25, 0.3) is 0 Å². The maximum Gasteiger partial charge on any atom is 0.222 e. The van der Waals surface area contributed by atoms with Gasteiger partial charge in [0.05, 0.1) is 7.11 Å². The minimum Gasteiger partial charge on any atom is -0.508 e. The van der Waals surface area contributed by atoms with E-state index < -0.39 is 0 Å². The van der Waals surface area contributed by atoms with Crippen molar-refractivity contribution in [2.24, 2.45) is 5.92 Å². The highest BCUT2D eigenvalue weighted by molar-refractivity contribution is 5.77. The first-order valence-corrected chi connectivity index (χ1v) is 6.39. The van der Waals surface area contributed by atoms with Gasteiger partial charge in [-0.2, -0.15) is 0 Å². The lowest BCUT2D eigenvalue weighted by Gasteiger charge is -2.10. The lowest BCUT2D eigenvalue weighted by molar-refractivity contribution is -0.123. The molecule has 1 amide bonds. The van der Waals surface area contributed by atoms with Crippen molar-refractivity contribution >= 4 is 5.91 Å². The first kappa shape index (κ1) is 15.3. The summed E-state index contributed by atoms with van der Waals surface area (Å²) in [6, 6.07) is 5.10. The van der Waals surface area contributed by atoms with Crippen molar-refractivity contribution in [1.82, 2.24) is 10.6 Å². The molecule has 1 aromatic carbocycles. The van der Waals surface area contributed by atoms with E-state index in [4.69, 9.17) is 4.74 Å². The average Bonchev–Trinajstić information content (AvgIpc) is 2.39. The molecule has 0 fully saturated rings. The molecular formula is C14H22N2O3. The summed E-state index contributed by atoms with van der Waals surface area (Å²) in [5, 5.41) is 15.7. The number of carbonyl (C=O) groups excluding carboxylic acids is 1. The van der Waals surface area contributed by atoms with Gasteiger partial charge in [0.1, 0.15) is 11.5 Å². The van der Waals surface area contributed by atoms with E-state index in [1.807, 2.05) is 13.8 Å². The van der Waals surface area contributed by atoms with Crippen molar-refractivity contribution < 1.29 is 14.6 Å². The van der Waals surface area contributed by atoms with E-state index in [9.17, 15) is 9.90 Å². The Labute approximate surface area is 114 Å². The highest BCUT2D eigenvalue weighted by Gasteiger charge is 2.05. The summed E-state index contributed by atoms with van der Waals surface area (Å²) in [5.41, 5.74) is 0.773. The first-order chi connectivity index (χ1) is 9.04. The Hall–Kier alpha value is -1.75. The van der Waals surface area contributed by atoms with Crippen molar-refractivity contribution in [2.75, 3.05) is 20.2 Å². The highest BCUT2D eigenvalue weighted by atomic mass is 16.5. The molecule has 0 aliphatic heterocycles. The van der Waals surface area contributed by atoms with E-state index in [1.54, 1.807) is 25.3 Å². The van der Waals surface area contributed by atoms with Gasteiger partial charge in [-0.05, 0) is 18.2 Å². The van der Waals surface area contributed by atoms with E-state index >= 15 is 0 Å². The number of benzene rings is 1. The number of rotatable bonds is 7. The molecule has 0 unspecified atom stereocenters. The third-order valence-electron chi connectivity index (χ3n) is 2.73. The van der Waals surface area contributed by atoms with Gasteiger partial charge in [-0.3, -0.25) is 4.79 Å². The smallest absolute Gasteiger partial charge is 0.222 e. The van der Waals surface area contributed by atoms with Crippen LogP contribution < -0.4 is 15.4 Å². The van der Waals surface area contributed by atoms with Crippen LogP contribution >= 0.6 is 0 Å². The molecule has 0 aromatic heterocycles. The topological polar surface area (TPSA) is 70.6 Å². The SMILES string of the molecule is COc1ccc(O)c(CNCCNC(=O)C(C)C)c1. The second kappa shape index (κ2) is 7.63. The van der Waals surface area contributed by atoms with Crippen LogP contribution in [0, 0.1) is 5.92 Å². The van der Waals surface area contributed by atoms with Crippen LogP contribution in [0.15, 0.2) is 18.2 Å². The molecule has 19 heavy (non-hydrogen) atoms. The lowest BCUT2D eigenvalue weighted by Crippen LogP contribution is -2.34. The number of carbonyl (C=O) groups is 1. The summed E-state index contributed by atoms with van der Waals surface area (Å²) in [4.78, 5) is 11.3. The Morgan fingerprint density at radius 3 is 2.74 bits per heavy atom. The molecular weight excluding hydrogens is 244 g/mol. The zero-order valence-corrected chi connectivity index (χ0v) is 11.7. The molecule has 0 saturated heterocycles. The molecule has 0 spiro atoms. The molecule has 0 aliphatic carbocycles. The van der Waals surface area contributed by atoms with Crippen LogP contribution in [0.3, 0.4) is 0 Å². The second-order valence-corrected chi connectivity index (χ2v) is 4.62. The van der Waals surface area contributed by atoms with Gasteiger partial charge in [0.15, 0.2) is 0 Å². The normalized spacial score (nSPS) is 10.5. The summed E-state index contributed by atoms with van der Waals surface area (Å²) in [7, 11) is 1.59. The number of hydrogen-bond donors (Lipinski definition) is 3. The van der Waals surface area contributed by atoms with Crippen LogP contribution in [-0.2, 0) is 11.3 Å². The number of amides is 1. The molecule has 5 nitrogen and oxygen atoms in total. The van der Waals surface area contributed by atoms with Gasteiger partial charge in [0, 0.05) is 31.1 Å². The van der Waals surface area contributed by atoms with E-state index in [2.05, 4.69) is 10.6 Å². The average molecular weight is 266 g/mol. The summed E-state index contributed by atoms with van der Waals surface area (Å²) >= 11 is 0. The molecule has 1 aromatic rings. The third-order valence-corrected chi connectivity index (χ3v) is 2.73. The summed E-state index contributed by atoms with van der Waals surface area (Å²) in [5.74, 6) is 0.996. The Morgan fingerprint density at radius 1 is 1.37 bits per heavy atom. The number of nitrogens with one attached hydrogen (secondary N) is 2. The summed E-state index contributed by atoms with van der Waals surface area (Å²) < 4.78 is 5.10. The van der Waals surface area contributed by atoms with Gasteiger partial charge in [-0.15, -0.1) is 0 Å². The Morgan fingerprint density at radius 2 is 2.11 bits per heavy atom. The van der Waals surface area contributed by atoms with Crippen LogP contribution in [0.4, 0.5) is 0 Å². The van der Waals surface area contributed by atoms with Crippen LogP contribution in [0.2, 0.25) is 0 Å². The standard InChI is InChI=1S/C14H22N2O3/c1-10(2)14(18)16-7-6-15-9-11-8-12(19-3)4-5-13(11)17/h4-5,8,10,15,17H,6-7,9H2,1-3H3,(H,16,18). The molecule has 0 atom stereocenters. The molecule has 3 N–H and O–H groups in total. The number of aromatic hydroxyl groups is 1. The molecule has 0 saturated carbocycles. The van der Waals surface area contributed by atoms with Crippen molar-refractivity contribution in [3.05, 3.63) is 23.8 Å². The fourth-order valence-electron chi connectivity index (χ4n) is 1.53. The largest absolute Gasteiger partial charge is 0.508 e. The zero-order valence-electron chi connectivity index (χ0n) is 11.7. The third kappa shape index (κ3) is 5.18. The van der Waals surface area contributed by atoms with Crippen molar-refractivity contribution in [3.8, 4) is 11.5 Å². The van der Waals surface area contributed by atoms with Gasteiger partial charge in [0.2, 0.25) is 5.91 Å². The van der Waals surface area contributed by atoms with Crippen molar-refractivity contribution in [3.63, 3.8) is 0 Å². The molecule has 106 valence electrons. The fourth-order valence-corrected chi connectivity index (χ4v) is 1.53. The second-order valence-electron chi connectivity index (χ2n) is 4.62. The highest BCUT2D eigenvalue weighted by Crippen LogP contribution is 2.22. The minimum absolute atomic E-state index is 0.00225. The molecule has 5 heteroatoms.